The minimum absolute atomic E-state index is 0.870. The first-order valence-electron chi connectivity index (χ1n) is 17.1. The molecule has 0 bridgehead atoms. The zero-order valence-electron chi connectivity index (χ0n) is 27.3. The van der Waals surface area contributed by atoms with Crippen LogP contribution in [0.3, 0.4) is 0 Å². The molecule has 0 fully saturated rings. The predicted molar refractivity (Wildman–Crippen MR) is 212 cm³/mol. The molecule has 0 saturated carbocycles. The molecule has 234 valence electrons. The number of anilines is 3. The summed E-state index contributed by atoms with van der Waals surface area (Å²) in [6.07, 6.45) is 0. The summed E-state index contributed by atoms with van der Waals surface area (Å²) in [7, 11) is 0. The van der Waals surface area contributed by atoms with Crippen LogP contribution in [0.15, 0.2) is 192 Å². The highest BCUT2D eigenvalue weighted by molar-refractivity contribution is 6.19. The first-order valence-corrected chi connectivity index (χ1v) is 17.1. The molecule has 2 nitrogen and oxygen atoms in total. The summed E-state index contributed by atoms with van der Waals surface area (Å²) in [5.74, 6) is 0. The summed E-state index contributed by atoms with van der Waals surface area (Å²) in [6.45, 7) is 0. The van der Waals surface area contributed by atoms with E-state index in [4.69, 9.17) is 4.42 Å². The number of fused-ring (bicyclic) bond motifs is 7. The molecule has 0 spiro atoms. The van der Waals surface area contributed by atoms with Gasteiger partial charge < -0.3 is 9.32 Å². The van der Waals surface area contributed by atoms with E-state index in [0.717, 1.165) is 44.4 Å². The van der Waals surface area contributed by atoms with Crippen LogP contribution in [0.2, 0.25) is 0 Å². The Kier molecular flexibility index (Phi) is 6.53. The largest absolute Gasteiger partial charge is 0.455 e. The number of furan rings is 1. The minimum Gasteiger partial charge on any atom is -0.455 e. The van der Waals surface area contributed by atoms with Crippen LogP contribution >= 0.6 is 0 Å². The van der Waals surface area contributed by atoms with Gasteiger partial charge in [-0.1, -0.05) is 146 Å². The Labute approximate surface area is 290 Å². The highest BCUT2D eigenvalue weighted by Crippen LogP contribution is 2.46. The molecule has 0 aliphatic rings. The first kappa shape index (κ1) is 28.4. The average molecular weight is 638 g/mol. The van der Waals surface area contributed by atoms with Crippen molar-refractivity contribution in [3.05, 3.63) is 188 Å². The highest BCUT2D eigenvalue weighted by Gasteiger charge is 2.21. The average Bonchev–Trinajstić information content (AvgIpc) is 3.58. The zero-order chi connectivity index (χ0) is 33.0. The topological polar surface area (TPSA) is 16.4 Å². The predicted octanol–water partition coefficient (Wildman–Crippen LogP) is 13.8. The molecule has 0 aliphatic heterocycles. The number of rotatable bonds is 5. The third-order valence-electron chi connectivity index (χ3n) is 10.0. The quantitative estimate of drug-likeness (QED) is 0.187. The lowest BCUT2D eigenvalue weighted by Crippen LogP contribution is -2.10. The number of hydrogen-bond acceptors (Lipinski definition) is 2. The summed E-state index contributed by atoms with van der Waals surface area (Å²) in [5.41, 5.74) is 9.78. The Morgan fingerprint density at radius 1 is 0.360 bits per heavy atom. The second kappa shape index (κ2) is 11.5. The van der Waals surface area contributed by atoms with Gasteiger partial charge in [0.2, 0.25) is 0 Å². The Morgan fingerprint density at radius 2 is 0.860 bits per heavy atom. The normalized spacial score (nSPS) is 11.6. The molecule has 0 aliphatic carbocycles. The maximum Gasteiger partial charge on any atom is 0.143 e. The second-order valence-corrected chi connectivity index (χ2v) is 12.9. The van der Waals surface area contributed by atoms with Gasteiger partial charge >= 0.3 is 0 Å². The van der Waals surface area contributed by atoms with E-state index in [1.807, 2.05) is 0 Å². The Balaban J connectivity index is 1.24. The van der Waals surface area contributed by atoms with Crippen LogP contribution in [-0.4, -0.2) is 0 Å². The molecule has 2 heteroatoms. The molecule has 1 heterocycles. The molecular formula is C48H31NO. The summed E-state index contributed by atoms with van der Waals surface area (Å²) in [6, 6.07) is 67.5. The summed E-state index contributed by atoms with van der Waals surface area (Å²) in [4.78, 5) is 2.40. The minimum atomic E-state index is 0.870. The lowest BCUT2D eigenvalue weighted by atomic mass is 9.96. The van der Waals surface area contributed by atoms with Crippen molar-refractivity contribution in [2.45, 2.75) is 0 Å². The van der Waals surface area contributed by atoms with Crippen molar-refractivity contribution in [2.24, 2.45) is 0 Å². The summed E-state index contributed by atoms with van der Waals surface area (Å²) < 4.78 is 6.68. The van der Waals surface area contributed by atoms with Crippen molar-refractivity contribution in [1.29, 1.82) is 0 Å². The van der Waals surface area contributed by atoms with E-state index in [9.17, 15) is 0 Å². The zero-order valence-corrected chi connectivity index (χ0v) is 27.3. The third kappa shape index (κ3) is 4.57. The lowest BCUT2D eigenvalue weighted by molar-refractivity contribution is 0.672. The van der Waals surface area contributed by atoms with Gasteiger partial charge in [0.05, 0.1) is 11.1 Å². The van der Waals surface area contributed by atoms with Crippen molar-refractivity contribution in [3.63, 3.8) is 0 Å². The third-order valence-corrected chi connectivity index (χ3v) is 10.0. The fourth-order valence-corrected chi connectivity index (χ4v) is 7.73. The van der Waals surface area contributed by atoms with Crippen molar-refractivity contribution < 1.29 is 4.42 Å². The lowest BCUT2D eigenvalue weighted by Gasteiger charge is -2.27. The molecule has 0 atom stereocenters. The van der Waals surface area contributed by atoms with E-state index in [1.165, 1.54) is 49.2 Å². The number of hydrogen-bond donors (Lipinski definition) is 0. The van der Waals surface area contributed by atoms with Gasteiger partial charge in [0.1, 0.15) is 11.2 Å². The molecule has 0 saturated heterocycles. The Morgan fingerprint density at radius 3 is 1.48 bits per heavy atom. The fraction of sp³-hybridized carbons (Fsp3) is 0. The van der Waals surface area contributed by atoms with Gasteiger partial charge in [-0.2, -0.15) is 0 Å². The molecule has 0 unspecified atom stereocenters. The van der Waals surface area contributed by atoms with Crippen LogP contribution in [0.5, 0.6) is 0 Å². The van der Waals surface area contributed by atoms with Gasteiger partial charge in [-0.3, -0.25) is 0 Å². The summed E-state index contributed by atoms with van der Waals surface area (Å²) >= 11 is 0. The molecule has 9 aromatic carbocycles. The maximum atomic E-state index is 6.68. The second-order valence-electron chi connectivity index (χ2n) is 12.9. The van der Waals surface area contributed by atoms with Crippen molar-refractivity contribution in [3.8, 4) is 22.3 Å². The molecular weight excluding hydrogens is 607 g/mol. The standard InChI is InChI=1S/C48H31NO/c1-4-21-39-32(12-1)15-9-24-41(39)35-17-7-19-37(30-35)49(38-20-8-18-36(31-38)42-25-10-16-33-13-2-5-22-40(33)42)45-26-11-27-46-47(45)44-29-28-34-14-3-6-23-43(34)48(44)50-46/h1-31H. The molecule has 0 amide bonds. The molecule has 0 radical (unpaired) electrons. The van der Waals surface area contributed by atoms with Crippen molar-refractivity contribution in [2.75, 3.05) is 4.90 Å². The van der Waals surface area contributed by atoms with Gasteiger partial charge in [0.25, 0.3) is 0 Å². The highest BCUT2D eigenvalue weighted by atomic mass is 16.3. The molecule has 10 aromatic rings. The Hall–Kier alpha value is -6.64. The van der Waals surface area contributed by atoms with Crippen LogP contribution in [0, 0.1) is 0 Å². The first-order chi connectivity index (χ1) is 24.8. The molecule has 0 N–H and O–H groups in total. The van der Waals surface area contributed by atoms with Gasteiger partial charge in [-0.05, 0) is 91.6 Å². The monoisotopic (exact) mass is 637 g/mol. The number of nitrogens with zero attached hydrogens (tertiary/aromatic N) is 1. The Bertz CT molecular complexity index is 2760. The van der Waals surface area contributed by atoms with Crippen LogP contribution in [0.4, 0.5) is 17.1 Å². The fourth-order valence-electron chi connectivity index (χ4n) is 7.73. The van der Waals surface area contributed by atoms with Gasteiger partial charge in [-0.25, -0.2) is 0 Å². The van der Waals surface area contributed by atoms with Gasteiger partial charge in [0.15, 0.2) is 0 Å². The van der Waals surface area contributed by atoms with Gasteiger partial charge in [-0.15, -0.1) is 0 Å². The van der Waals surface area contributed by atoms with Gasteiger partial charge in [0, 0.05) is 22.1 Å². The van der Waals surface area contributed by atoms with E-state index >= 15 is 0 Å². The van der Waals surface area contributed by atoms with Crippen molar-refractivity contribution >= 4 is 71.3 Å². The smallest absolute Gasteiger partial charge is 0.143 e. The molecule has 1 aromatic heterocycles. The summed E-state index contributed by atoms with van der Waals surface area (Å²) in [5, 5.41) is 9.44. The van der Waals surface area contributed by atoms with Crippen LogP contribution in [0.1, 0.15) is 0 Å². The van der Waals surface area contributed by atoms with Crippen LogP contribution in [0.25, 0.3) is 76.5 Å². The molecule has 10 rings (SSSR count). The van der Waals surface area contributed by atoms with E-state index < -0.39 is 0 Å². The van der Waals surface area contributed by atoms with E-state index in [0.29, 0.717) is 0 Å². The van der Waals surface area contributed by atoms with E-state index in [2.05, 4.69) is 193 Å². The van der Waals surface area contributed by atoms with E-state index in [1.54, 1.807) is 0 Å². The van der Waals surface area contributed by atoms with Crippen LogP contribution < -0.4 is 4.90 Å². The van der Waals surface area contributed by atoms with E-state index in [-0.39, 0.29) is 0 Å². The number of benzene rings is 9. The SMILES string of the molecule is c1cc(-c2cccc3ccccc23)cc(N(c2cccc(-c3cccc4ccccc34)c2)c2cccc3oc4c5ccccc5ccc4c23)c1. The van der Waals surface area contributed by atoms with Crippen LogP contribution in [-0.2, 0) is 0 Å². The maximum absolute atomic E-state index is 6.68. The van der Waals surface area contributed by atoms with Crippen molar-refractivity contribution in [1.82, 2.24) is 0 Å². The molecule has 50 heavy (non-hydrogen) atoms.